The second-order valence-electron chi connectivity index (χ2n) is 5.54. The van der Waals surface area contributed by atoms with Crippen molar-refractivity contribution in [2.45, 2.75) is 31.9 Å². The Morgan fingerprint density at radius 1 is 1.33 bits per heavy atom. The van der Waals surface area contributed by atoms with Gasteiger partial charge in [-0.2, -0.15) is 5.10 Å². The molecule has 0 amide bonds. The van der Waals surface area contributed by atoms with Crippen LogP contribution in [0.2, 0.25) is 0 Å². The largest absolute Gasteiger partial charge is 0.378 e. The van der Waals surface area contributed by atoms with E-state index in [1.165, 1.54) is 5.69 Å². The van der Waals surface area contributed by atoms with Crippen LogP contribution in [0.5, 0.6) is 0 Å². The average molecular weight is 285 g/mol. The van der Waals surface area contributed by atoms with Crippen molar-refractivity contribution in [1.29, 1.82) is 0 Å². The predicted octanol–water partition coefficient (Wildman–Crippen LogP) is 2.95. The second-order valence-corrected chi connectivity index (χ2v) is 5.54. The standard InChI is InChI=1S/C17H23N3O/c1-3-16-14(10-12-21-16)17(18-2)15-9-11-19-20(15)13-7-5-4-6-8-13/h4-9,11,14,16-18H,3,10,12H2,1-2H3. The number of ether oxygens (including phenoxy) is 1. The molecule has 3 unspecified atom stereocenters. The van der Waals surface area contributed by atoms with Gasteiger partial charge in [-0.1, -0.05) is 25.1 Å². The topological polar surface area (TPSA) is 39.1 Å². The van der Waals surface area contributed by atoms with Crippen LogP contribution < -0.4 is 5.32 Å². The van der Waals surface area contributed by atoms with E-state index in [0.29, 0.717) is 12.0 Å². The summed E-state index contributed by atoms with van der Waals surface area (Å²) in [7, 11) is 2.03. The van der Waals surface area contributed by atoms with E-state index in [1.807, 2.05) is 36.1 Å². The van der Waals surface area contributed by atoms with Crippen LogP contribution >= 0.6 is 0 Å². The van der Waals surface area contributed by atoms with Crippen molar-refractivity contribution < 1.29 is 4.74 Å². The highest BCUT2D eigenvalue weighted by Crippen LogP contribution is 2.35. The first-order chi connectivity index (χ1) is 10.3. The van der Waals surface area contributed by atoms with Crippen molar-refractivity contribution in [3.05, 3.63) is 48.3 Å². The van der Waals surface area contributed by atoms with Crippen LogP contribution in [-0.4, -0.2) is 29.5 Å². The van der Waals surface area contributed by atoms with E-state index in [1.54, 1.807) is 0 Å². The summed E-state index contributed by atoms with van der Waals surface area (Å²) in [6.07, 6.45) is 4.37. The molecule has 2 aromatic rings. The van der Waals surface area contributed by atoms with Gasteiger partial charge in [0.25, 0.3) is 0 Å². The van der Waals surface area contributed by atoms with Crippen LogP contribution in [-0.2, 0) is 4.74 Å². The molecule has 1 aliphatic rings. The van der Waals surface area contributed by atoms with Crippen LogP contribution in [0, 0.1) is 5.92 Å². The smallest absolute Gasteiger partial charge is 0.0649 e. The molecular formula is C17H23N3O. The van der Waals surface area contributed by atoms with Gasteiger partial charge in [0.05, 0.1) is 23.5 Å². The molecule has 2 heterocycles. The summed E-state index contributed by atoms with van der Waals surface area (Å²) in [6, 6.07) is 12.7. The average Bonchev–Trinajstić information content (AvgIpc) is 3.18. The molecule has 3 atom stereocenters. The molecule has 3 rings (SSSR count). The van der Waals surface area contributed by atoms with E-state index >= 15 is 0 Å². The maximum atomic E-state index is 5.87. The third kappa shape index (κ3) is 2.74. The molecule has 0 aliphatic carbocycles. The second kappa shape index (κ2) is 6.41. The number of rotatable bonds is 5. The minimum atomic E-state index is 0.264. The summed E-state index contributed by atoms with van der Waals surface area (Å²) in [6.45, 7) is 3.06. The monoisotopic (exact) mass is 285 g/mol. The van der Waals surface area contributed by atoms with Crippen LogP contribution in [0.4, 0.5) is 0 Å². The number of hydrogen-bond acceptors (Lipinski definition) is 3. The van der Waals surface area contributed by atoms with Crippen molar-refractivity contribution >= 4 is 0 Å². The molecule has 1 fully saturated rings. The molecule has 1 aliphatic heterocycles. The zero-order chi connectivity index (χ0) is 14.7. The fourth-order valence-corrected chi connectivity index (χ4v) is 3.38. The molecule has 1 N–H and O–H groups in total. The van der Waals surface area contributed by atoms with Gasteiger partial charge >= 0.3 is 0 Å². The molecule has 4 nitrogen and oxygen atoms in total. The van der Waals surface area contributed by atoms with Crippen LogP contribution in [0.3, 0.4) is 0 Å². The fourth-order valence-electron chi connectivity index (χ4n) is 3.38. The summed E-state index contributed by atoms with van der Waals surface area (Å²) in [5.41, 5.74) is 2.31. The Hall–Kier alpha value is -1.65. The van der Waals surface area contributed by atoms with Gasteiger partial charge in [-0.05, 0) is 38.1 Å². The maximum absolute atomic E-state index is 5.87. The lowest BCUT2D eigenvalue weighted by Crippen LogP contribution is -2.32. The number of para-hydroxylation sites is 1. The Balaban J connectivity index is 1.94. The number of nitrogens with zero attached hydrogens (tertiary/aromatic N) is 2. The zero-order valence-electron chi connectivity index (χ0n) is 12.7. The maximum Gasteiger partial charge on any atom is 0.0649 e. The van der Waals surface area contributed by atoms with Crippen LogP contribution in [0.15, 0.2) is 42.6 Å². The van der Waals surface area contributed by atoms with Crippen molar-refractivity contribution in [3.63, 3.8) is 0 Å². The number of benzene rings is 1. The van der Waals surface area contributed by atoms with Gasteiger partial charge in [-0.3, -0.25) is 0 Å². The van der Waals surface area contributed by atoms with Gasteiger partial charge in [-0.15, -0.1) is 0 Å². The number of hydrogen-bond donors (Lipinski definition) is 1. The summed E-state index contributed by atoms with van der Waals surface area (Å²) >= 11 is 0. The summed E-state index contributed by atoms with van der Waals surface area (Å²) < 4.78 is 7.91. The highest BCUT2D eigenvalue weighted by atomic mass is 16.5. The van der Waals surface area contributed by atoms with Crippen LogP contribution in [0.1, 0.15) is 31.5 Å². The van der Waals surface area contributed by atoms with E-state index in [2.05, 4.69) is 35.5 Å². The molecule has 21 heavy (non-hydrogen) atoms. The first kappa shape index (κ1) is 14.3. The van der Waals surface area contributed by atoms with Gasteiger partial charge in [0.15, 0.2) is 0 Å². The van der Waals surface area contributed by atoms with Gasteiger partial charge < -0.3 is 10.1 Å². The third-order valence-corrected chi connectivity index (χ3v) is 4.39. The Morgan fingerprint density at radius 2 is 2.14 bits per heavy atom. The molecule has 0 spiro atoms. The normalized spacial score (nSPS) is 23.3. The molecule has 1 aromatic carbocycles. The SMILES string of the molecule is CCC1OCCC1C(NC)c1ccnn1-c1ccccc1. The Labute approximate surface area is 126 Å². The molecule has 0 radical (unpaired) electrons. The van der Waals surface area contributed by atoms with E-state index in [4.69, 9.17) is 4.74 Å². The highest BCUT2D eigenvalue weighted by molar-refractivity contribution is 5.33. The van der Waals surface area contributed by atoms with Gasteiger partial charge in [-0.25, -0.2) is 4.68 Å². The molecule has 1 aromatic heterocycles. The van der Waals surface area contributed by atoms with Crippen molar-refractivity contribution in [3.8, 4) is 5.69 Å². The first-order valence-electron chi connectivity index (χ1n) is 7.73. The third-order valence-electron chi connectivity index (χ3n) is 4.39. The van der Waals surface area contributed by atoms with E-state index in [-0.39, 0.29) is 6.04 Å². The van der Waals surface area contributed by atoms with Gasteiger partial charge in [0.1, 0.15) is 0 Å². The van der Waals surface area contributed by atoms with E-state index in [9.17, 15) is 0 Å². The fraction of sp³-hybridized carbons (Fsp3) is 0.471. The van der Waals surface area contributed by atoms with Gasteiger partial charge in [0, 0.05) is 18.7 Å². The van der Waals surface area contributed by atoms with Crippen molar-refractivity contribution in [2.24, 2.45) is 5.92 Å². The predicted molar refractivity (Wildman–Crippen MR) is 83.5 cm³/mol. The number of aromatic nitrogens is 2. The lowest BCUT2D eigenvalue weighted by atomic mass is 9.89. The van der Waals surface area contributed by atoms with Gasteiger partial charge in [0.2, 0.25) is 0 Å². The Morgan fingerprint density at radius 3 is 2.86 bits per heavy atom. The zero-order valence-corrected chi connectivity index (χ0v) is 12.7. The highest BCUT2D eigenvalue weighted by Gasteiger charge is 2.35. The van der Waals surface area contributed by atoms with Crippen LogP contribution in [0.25, 0.3) is 5.69 Å². The molecule has 4 heteroatoms. The van der Waals surface area contributed by atoms with Crippen molar-refractivity contribution in [2.75, 3.05) is 13.7 Å². The quantitative estimate of drug-likeness (QED) is 0.918. The minimum absolute atomic E-state index is 0.264. The molecular weight excluding hydrogens is 262 g/mol. The Bertz CT molecular complexity index is 566. The summed E-state index contributed by atoms with van der Waals surface area (Å²) in [5.74, 6) is 0.499. The molecule has 0 bridgehead atoms. The molecule has 112 valence electrons. The summed E-state index contributed by atoms with van der Waals surface area (Å²) in [4.78, 5) is 0. The molecule has 1 saturated heterocycles. The van der Waals surface area contributed by atoms with E-state index in [0.717, 1.165) is 25.1 Å². The van der Waals surface area contributed by atoms with Crippen molar-refractivity contribution in [1.82, 2.24) is 15.1 Å². The first-order valence-corrected chi connectivity index (χ1v) is 7.73. The number of nitrogens with one attached hydrogen (secondary N) is 1. The Kier molecular flexibility index (Phi) is 4.36. The lowest BCUT2D eigenvalue weighted by molar-refractivity contribution is 0.0775. The lowest BCUT2D eigenvalue weighted by Gasteiger charge is -2.27. The molecule has 0 saturated carbocycles. The summed E-state index contributed by atoms with van der Waals surface area (Å²) in [5, 5.41) is 7.99. The minimum Gasteiger partial charge on any atom is -0.378 e. The van der Waals surface area contributed by atoms with E-state index < -0.39 is 0 Å².